The average Bonchev–Trinajstić information content (AvgIpc) is 3.07. The fraction of sp³-hybridized carbons (Fsp3) is 0.884. The van der Waals surface area contributed by atoms with Gasteiger partial charge in [-0.1, -0.05) is 154 Å². The van der Waals surface area contributed by atoms with Gasteiger partial charge in [0.2, 0.25) is 0 Å². The molecule has 0 spiro atoms. The number of allylic oxidation sites excluding steroid dienone is 2. The van der Waals surface area contributed by atoms with E-state index in [1.54, 1.807) is 0 Å². The van der Waals surface area contributed by atoms with Gasteiger partial charge in [-0.3, -0.25) is 0 Å². The van der Waals surface area contributed by atoms with E-state index in [0.717, 1.165) is 57.8 Å². The molecule has 0 radical (unpaired) electrons. The van der Waals surface area contributed by atoms with Crippen molar-refractivity contribution >= 4 is 6.16 Å². The molecule has 0 saturated heterocycles. The predicted molar refractivity (Wildman–Crippen MR) is 210 cm³/mol. The predicted octanol–water partition coefficient (Wildman–Crippen LogP) is 12.4. The smallest absolute Gasteiger partial charge is 0.450 e. The number of aliphatic hydroxyl groups is 2. The zero-order chi connectivity index (χ0) is 36.2. The number of rotatable bonds is 37. The summed E-state index contributed by atoms with van der Waals surface area (Å²) in [6.45, 7) is 4.71. The van der Waals surface area contributed by atoms with Gasteiger partial charge in [0, 0.05) is 6.04 Å². The second kappa shape index (κ2) is 36.4. The number of nitrogens with zero attached hydrogens (tertiary/aromatic N) is 1. The summed E-state index contributed by atoms with van der Waals surface area (Å²) in [6, 6.07) is 0.350. The molecule has 0 bridgehead atoms. The van der Waals surface area contributed by atoms with Gasteiger partial charge >= 0.3 is 6.16 Å². The zero-order valence-electron chi connectivity index (χ0n) is 32.9. The van der Waals surface area contributed by atoms with E-state index in [1.807, 2.05) is 0 Å². The van der Waals surface area contributed by atoms with Crippen LogP contribution in [0.15, 0.2) is 24.3 Å². The first-order valence-electron chi connectivity index (χ1n) is 21.0. The van der Waals surface area contributed by atoms with Crippen LogP contribution >= 0.6 is 0 Å². The molecule has 0 aromatic carbocycles. The lowest BCUT2D eigenvalue weighted by Crippen LogP contribution is -2.36. The van der Waals surface area contributed by atoms with E-state index in [1.165, 1.54) is 128 Å². The summed E-state index contributed by atoms with van der Waals surface area (Å²) in [7, 11) is 4.26. The summed E-state index contributed by atoms with van der Waals surface area (Å²) < 4.78 is 4.91. The fourth-order valence-corrected chi connectivity index (χ4v) is 7.05. The fourth-order valence-electron chi connectivity index (χ4n) is 7.05. The van der Waals surface area contributed by atoms with Gasteiger partial charge in [-0.05, 0) is 90.6 Å². The van der Waals surface area contributed by atoms with Gasteiger partial charge in [-0.15, -0.1) is 0 Å². The third kappa shape index (κ3) is 33.5. The summed E-state index contributed by atoms with van der Waals surface area (Å²) >= 11 is 0. The number of unbranched alkanes of at least 4 members (excludes halogenated alkanes) is 18. The quantitative estimate of drug-likeness (QED) is 0.0341. The van der Waals surface area contributed by atoms with Crippen LogP contribution in [0.25, 0.3) is 0 Å². The van der Waals surface area contributed by atoms with E-state index >= 15 is 0 Å². The lowest BCUT2D eigenvalue weighted by molar-refractivity contribution is 0.0742. The molecule has 3 N–H and O–H groups in total. The Bertz CT molecular complexity index is 709. The number of carbonyl (C=O) groups is 1. The number of aliphatic hydroxyl groups excluding tert-OH is 2. The normalized spacial score (nSPS) is 14.6. The zero-order valence-corrected chi connectivity index (χ0v) is 32.9. The van der Waals surface area contributed by atoms with Crippen LogP contribution in [0, 0.1) is 5.92 Å². The molecule has 0 aromatic rings. The molecule has 0 amide bonds. The van der Waals surface area contributed by atoms with Crippen LogP contribution in [0.3, 0.4) is 0 Å². The highest BCUT2D eigenvalue weighted by atomic mass is 16.7. The highest BCUT2D eigenvalue weighted by molar-refractivity contribution is 5.56. The first-order chi connectivity index (χ1) is 23.8. The molecule has 3 unspecified atom stereocenters. The van der Waals surface area contributed by atoms with E-state index in [9.17, 15) is 15.0 Å². The second-order valence-corrected chi connectivity index (χ2v) is 15.0. The lowest BCUT2D eigenvalue weighted by atomic mass is 9.86. The third-order valence-electron chi connectivity index (χ3n) is 10.2. The minimum absolute atomic E-state index is 0.173. The molecule has 0 saturated carbocycles. The van der Waals surface area contributed by atoms with Gasteiger partial charge in [-0.2, -0.15) is 0 Å². The van der Waals surface area contributed by atoms with Crippen LogP contribution in [0.2, 0.25) is 0 Å². The van der Waals surface area contributed by atoms with Gasteiger partial charge in [0.25, 0.3) is 0 Å². The minimum Gasteiger partial charge on any atom is -0.450 e. The summed E-state index contributed by atoms with van der Waals surface area (Å²) in [5.41, 5.74) is 0. The molecule has 0 heterocycles. The second-order valence-electron chi connectivity index (χ2n) is 15.0. The molecule has 0 aliphatic rings. The van der Waals surface area contributed by atoms with Crippen molar-refractivity contribution < 1.29 is 24.9 Å². The highest BCUT2D eigenvalue weighted by Crippen LogP contribution is 2.27. The van der Waals surface area contributed by atoms with E-state index in [0.29, 0.717) is 12.0 Å². The molecule has 3 atom stereocenters. The molecule has 290 valence electrons. The Hall–Kier alpha value is -1.37. The molecule has 0 aliphatic heterocycles. The summed E-state index contributed by atoms with van der Waals surface area (Å²) in [5, 5.41) is 29.2. The Morgan fingerprint density at radius 3 is 1.35 bits per heavy atom. The maximum Gasteiger partial charge on any atom is 0.505 e. The lowest BCUT2D eigenvalue weighted by Gasteiger charge is -2.32. The molecule has 0 rings (SSSR count). The molecular weight excluding hydrogens is 610 g/mol. The largest absolute Gasteiger partial charge is 0.505 e. The summed E-state index contributed by atoms with van der Waals surface area (Å²) in [4.78, 5) is 13.2. The van der Waals surface area contributed by atoms with Gasteiger partial charge in [0.15, 0.2) is 0 Å². The van der Waals surface area contributed by atoms with Crippen molar-refractivity contribution in [1.29, 1.82) is 0 Å². The highest BCUT2D eigenvalue weighted by Gasteiger charge is 2.23. The first kappa shape index (κ1) is 47.6. The Morgan fingerprint density at radius 1 is 0.551 bits per heavy atom. The van der Waals surface area contributed by atoms with Crippen molar-refractivity contribution in [1.82, 2.24) is 4.90 Å². The molecule has 0 aromatic heterocycles. The van der Waals surface area contributed by atoms with E-state index in [-0.39, 0.29) is 18.8 Å². The molecule has 0 fully saturated rings. The van der Waals surface area contributed by atoms with Crippen LogP contribution < -0.4 is 0 Å². The number of carboxylic acid groups (broad SMARTS) is 1. The van der Waals surface area contributed by atoms with Crippen LogP contribution in [0.5, 0.6) is 0 Å². The summed E-state index contributed by atoms with van der Waals surface area (Å²) in [6.07, 6.45) is 41.3. The molecule has 6 nitrogen and oxygen atoms in total. The van der Waals surface area contributed by atoms with Crippen molar-refractivity contribution in [3.8, 4) is 0 Å². The van der Waals surface area contributed by atoms with Crippen LogP contribution in [0.1, 0.15) is 200 Å². The Balaban J connectivity index is 4.24. The first-order valence-corrected chi connectivity index (χ1v) is 21.0. The van der Waals surface area contributed by atoms with Gasteiger partial charge in [0.05, 0.1) is 18.8 Å². The van der Waals surface area contributed by atoms with Gasteiger partial charge in [-0.25, -0.2) is 4.79 Å². The van der Waals surface area contributed by atoms with E-state index in [4.69, 9.17) is 9.84 Å². The topological polar surface area (TPSA) is 90.2 Å². The molecule has 49 heavy (non-hydrogen) atoms. The van der Waals surface area contributed by atoms with Crippen molar-refractivity contribution in [2.45, 2.75) is 218 Å². The minimum atomic E-state index is -1.18. The number of hydrogen-bond acceptors (Lipinski definition) is 5. The molecule has 6 heteroatoms. The third-order valence-corrected chi connectivity index (χ3v) is 10.2. The van der Waals surface area contributed by atoms with E-state index in [2.05, 4.69) is 57.1 Å². The van der Waals surface area contributed by atoms with Crippen molar-refractivity contribution in [2.75, 3.05) is 20.7 Å². The van der Waals surface area contributed by atoms with Gasteiger partial charge < -0.3 is 25.0 Å². The monoisotopic (exact) mass is 694 g/mol. The standard InChI is InChI=1S/C43H83NO5/c1-5-7-9-27-33-40(45)35-29-23-19-15-11-13-17-21-25-31-39(42(44(3)4)37-38-49-43(47)48)32-26-22-18-14-12-16-20-24-30-36-41(46)34-28-10-8-6-2/h23-24,29-30,39-42,45-46H,5-22,25-28,31-38H2,1-4H3,(H,47,48)/b29-23-,30-24-. The maximum atomic E-state index is 11.0. The van der Waals surface area contributed by atoms with Gasteiger partial charge in [0.1, 0.15) is 0 Å². The SMILES string of the molecule is CCCCCCC(O)C/C=C\CCCCCCCCC(CCCCCCCC/C=C\CC(O)CCCCCC)C(CCOC(=O)O)N(C)C. The Labute approximate surface area is 304 Å². The van der Waals surface area contributed by atoms with Crippen molar-refractivity contribution in [3.05, 3.63) is 24.3 Å². The van der Waals surface area contributed by atoms with E-state index < -0.39 is 6.16 Å². The Kier molecular flexibility index (Phi) is 35.4. The summed E-state index contributed by atoms with van der Waals surface area (Å²) in [5.74, 6) is 0.576. The van der Waals surface area contributed by atoms with Crippen LogP contribution in [-0.2, 0) is 4.74 Å². The average molecular weight is 694 g/mol. The molecular formula is C43H83NO5. The number of ether oxygens (including phenoxy) is 1. The van der Waals surface area contributed by atoms with Crippen molar-refractivity contribution in [3.63, 3.8) is 0 Å². The Morgan fingerprint density at radius 2 is 0.939 bits per heavy atom. The van der Waals surface area contributed by atoms with Crippen LogP contribution in [-0.4, -0.2) is 65.3 Å². The maximum absolute atomic E-state index is 11.0. The molecule has 0 aliphatic carbocycles. The van der Waals surface area contributed by atoms with Crippen LogP contribution in [0.4, 0.5) is 4.79 Å². The van der Waals surface area contributed by atoms with Crippen molar-refractivity contribution in [2.24, 2.45) is 5.92 Å². The number of hydrogen-bond donors (Lipinski definition) is 3.